The molecule has 2 saturated heterocycles. The van der Waals surface area contributed by atoms with Crippen LogP contribution in [-0.2, 0) is 19.2 Å². The highest BCUT2D eigenvalue weighted by Gasteiger charge is 2.23. The zero-order valence-corrected chi connectivity index (χ0v) is 21.9. The standard InChI is InChI=1S/C8H13NO.2C7H11NO.C6H9NO/c1-2-8(10)9-6-4-3-5-7-9;1-5(2)7(9)8-6-3-4-6;1-2-7(9)8-5-3-4-6-8;1-2-6(8)7-5-3-4-5/h2H,1,3-7H2;6H,1,3-4H2,2H3,(H,8,9);2H,1,3-6H2;2,5H,1,3-4H2,(H,7,8). The maximum atomic E-state index is 11.0. The van der Waals surface area contributed by atoms with Crippen molar-refractivity contribution in [2.75, 3.05) is 26.2 Å². The minimum absolute atomic E-state index is 0.00231. The third-order valence-corrected chi connectivity index (χ3v) is 5.84. The van der Waals surface area contributed by atoms with Crippen LogP contribution in [0.3, 0.4) is 0 Å². The zero-order valence-electron chi connectivity index (χ0n) is 21.9. The van der Waals surface area contributed by atoms with E-state index in [-0.39, 0.29) is 23.6 Å². The molecule has 2 aliphatic heterocycles. The number of carbonyl (C=O) groups excluding carboxylic acids is 4. The highest BCUT2D eigenvalue weighted by molar-refractivity contribution is 5.92. The molecule has 4 amide bonds. The van der Waals surface area contributed by atoms with Crippen molar-refractivity contribution in [1.82, 2.24) is 20.4 Å². The first-order chi connectivity index (χ1) is 17.2. The summed E-state index contributed by atoms with van der Waals surface area (Å²) >= 11 is 0. The summed E-state index contributed by atoms with van der Waals surface area (Å²) in [6, 6.07) is 0.912. The largest absolute Gasteiger partial charge is 0.350 e. The summed E-state index contributed by atoms with van der Waals surface area (Å²) in [5, 5.41) is 5.56. The Balaban J connectivity index is 0.000000241. The molecule has 0 atom stereocenters. The summed E-state index contributed by atoms with van der Waals surface area (Å²) in [6.07, 6.45) is 14.5. The predicted octanol–water partition coefficient (Wildman–Crippen LogP) is 3.27. The van der Waals surface area contributed by atoms with Crippen molar-refractivity contribution in [3.63, 3.8) is 0 Å². The molecule has 0 unspecified atom stereocenters. The van der Waals surface area contributed by atoms with Crippen LogP contribution >= 0.6 is 0 Å². The zero-order chi connectivity index (χ0) is 26.9. The lowest BCUT2D eigenvalue weighted by atomic mass is 10.1. The van der Waals surface area contributed by atoms with Gasteiger partial charge in [-0.05, 0) is 82.9 Å². The third-order valence-electron chi connectivity index (χ3n) is 5.84. The molecular formula is C28H44N4O4. The lowest BCUT2D eigenvalue weighted by Crippen LogP contribution is -2.34. The average Bonchev–Trinajstić information content (AvgIpc) is 3.83. The first-order valence-electron chi connectivity index (χ1n) is 12.9. The third kappa shape index (κ3) is 14.3. The van der Waals surface area contributed by atoms with Crippen LogP contribution in [0.1, 0.15) is 64.7 Å². The highest BCUT2D eigenvalue weighted by atomic mass is 16.2. The first-order valence-corrected chi connectivity index (χ1v) is 12.9. The van der Waals surface area contributed by atoms with Crippen LogP contribution in [-0.4, -0.2) is 71.7 Å². The summed E-state index contributed by atoms with van der Waals surface area (Å²) in [6.45, 7) is 19.1. The number of amides is 4. The second-order valence-electron chi connectivity index (χ2n) is 9.34. The molecule has 0 aromatic carbocycles. The molecule has 200 valence electrons. The summed E-state index contributed by atoms with van der Waals surface area (Å²) in [7, 11) is 0. The van der Waals surface area contributed by atoms with Gasteiger partial charge in [-0.3, -0.25) is 19.2 Å². The van der Waals surface area contributed by atoms with E-state index in [2.05, 4.69) is 36.9 Å². The monoisotopic (exact) mass is 500 g/mol. The van der Waals surface area contributed by atoms with E-state index in [0.29, 0.717) is 17.7 Å². The molecule has 2 heterocycles. The second-order valence-corrected chi connectivity index (χ2v) is 9.34. The van der Waals surface area contributed by atoms with E-state index in [1.54, 1.807) is 6.92 Å². The highest BCUT2D eigenvalue weighted by Crippen LogP contribution is 2.19. The fourth-order valence-electron chi connectivity index (χ4n) is 3.33. The van der Waals surface area contributed by atoms with Crippen molar-refractivity contribution >= 4 is 23.6 Å². The number of nitrogens with zero attached hydrogens (tertiary/aromatic N) is 2. The molecule has 36 heavy (non-hydrogen) atoms. The predicted molar refractivity (Wildman–Crippen MR) is 144 cm³/mol. The number of piperidine rings is 1. The molecule has 2 aliphatic carbocycles. The van der Waals surface area contributed by atoms with Gasteiger partial charge in [-0.2, -0.15) is 0 Å². The number of carbonyl (C=O) groups is 4. The summed E-state index contributed by atoms with van der Waals surface area (Å²) in [4.78, 5) is 46.7. The molecule has 4 rings (SSSR count). The smallest absolute Gasteiger partial charge is 0.246 e. The number of likely N-dealkylation sites (tertiary alicyclic amines) is 2. The lowest BCUT2D eigenvalue weighted by molar-refractivity contribution is -0.127. The Labute approximate surface area is 216 Å². The van der Waals surface area contributed by atoms with Crippen molar-refractivity contribution < 1.29 is 19.2 Å². The second kappa shape index (κ2) is 17.3. The van der Waals surface area contributed by atoms with Gasteiger partial charge in [-0.25, -0.2) is 0 Å². The number of nitrogens with one attached hydrogen (secondary N) is 2. The molecule has 2 saturated carbocycles. The van der Waals surface area contributed by atoms with Gasteiger partial charge in [0.25, 0.3) is 0 Å². The van der Waals surface area contributed by atoms with Gasteiger partial charge in [0.1, 0.15) is 0 Å². The minimum atomic E-state index is -0.0486. The fraction of sp³-hybridized carbons (Fsp3) is 0.571. The van der Waals surface area contributed by atoms with Gasteiger partial charge >= 0.3 is 0 Å². The Morgan fingerprint density at radius 3 is 1.39 bits per heavy atom. The molecule has 0 aromatic rings. The van der Waals surface area contributed by atoms with Crippen molar-refractivity contribution in [2.45, 2.75) is 76.8 Å². The topological polar surface area (TPSA) is 98.8 Å². The van der Waals surface area contributed by atoms with E-state index in [4.69, 9.17) is 0 Å². The van der Waals surface area contributed by atoms with Crippen LogP contribution in [0.4, 0.5) is 0 Å². The van der Waals surface area contributed by atoms with Crippen molar-refractivity contribution in [1.29, 1.82) is 0 Å². The maximum Gasteiger partial charge on any atom is 0.246 e. The Kier molecular flexibility index (Phi) is 14.8. The molecule has 0 radical (unpaired) electrons. The lowest BCUT2D eigenvalue weighted by Gasteiger charge is -2.25. The Hall–Kier alpha value is -3.16. The summed E-state index contributed by atoms with van der Waals surface area (Å²) < 4.78 is 0. The Morgan fingerprint density at radius 1 is 0.667 bits per heavy atom. The van der Waals surface area contributed by atoms with Crippen LogP contribution in [0, 0.1) is 0 Å². The first kappa shape index (κ1) is 30.9. The van der Waals surface area contributed by atoms with E-state index in [0.717, 1.165) is 77.5 Å². The molecule has 4 fully saturated rings. The Morgan fingerprint density at radius 2 is 1.06 bits per heavy atom. The van der Waals surface area contributed by atoms with Crippen molar-refractivity contribution in [2.24, 2.45) is 0 Å². The molecule has 0 bridgehead atoms. The van der Waals surface area contributed by atoms with Crippen molar-refractivity contribution in [3.8, 4) is 0 Å². The van der Waals surface area contributed by atoms with Gasteiger partial charge in [0.2, 0.25) is 23.6 Å². The van der Waals surface area contributed by atoms with Gasteiger partial charge in [-0.15, -0.1) is 0 Å². The SMILES string of the molecule is C=C(C)C(=O)NC1CC1.C=CC(=O)N1CCCC1.C=CC(=O)N1CCCCC1.C=CC(=O)NC1CC1. The maximum absolute atomic E-state index is 11.0. The quantitative estimate of drug-likeness (QED) is 0.547. The van der Waals surface area contributed by atoms with Crippen molar-refractivity contribution in [3.05, 3.63) is 50.1 Å². The molecule has 4 aliphatic rings. The molecule has 8 heteroatoms. The van der Waals surface area contributed by atoms with Crippen LogP contribution < -0.4 is 10.6 Å². The molecular weight excluding hydrogens is 456 g/mol. The van der Waals surface area contributed by atoms with Gasteiger partial charge in [0.05, 0.1) is 0 Å². The van der Waals surface area contributed by atoms with Crippen LogP contribution in [0.2, 0.25) is 0 Å². The van der Waals surface area contributed by atoms with Crippen LogP contribution in [0.5, 0.6) is 0 Å². The average molecular weight is 501 g/mol. The number of hydrogen-bond donors (Lipinski definition) is 2. The summed E-state index contributed by atoms with van der Waals surface area (Å²) in [5.74, 6) is 0.109. The minimum Gasteiger partial charge on any atom is -0.350 e. The molecule has 0 aromatic heterocycles. The normalized spacial score (nSPS) is 17.8. The van der Waals surface area contributed by atoms with E-state index in [9.17, 15) is 19.2 Å². The number of hydrogen-bond acceptors (Lipinski definition) is 4. The van der Waals surface area contributed by atoms with Gasteiger partial charge < -0.3 is 20.4 Å². The molecule has 0 spiro atoms. The van der Waals surface area contributed by atoms with Crippen LogP contribution in [0.25, 0.3) is 0 Å². The van der Waals surface area contributed by atoms with Gasteiger partial charge in [0, 0.05) is 43.8 Å². The van der Waals surface area contributed by atoms with E-state index < -0.39 is 0 Å². The molecule has 2 N–H and O–H groups in total. The summed E-state index contributed by atoms with van der Waals surface area (Å²) in [5.41, 5.74) is 0.599. The van der Waals surface area contributed by atoms with Crippen LogP contribution in [0.15, 0.2) is 50.1 Å². The Bertz CT molecular complexity index is 785. The van der Waals surface area contributed by atoms with E-state index in [1.165, 1.54) is 24.6 Å². The van der Waals surface area contributed by atoms with E-state index in [1.807, 2.05) is 9.80 Å². The molecule has 8 nitrogen and oxygen atoms in total. The fourth-order valence-corrected chi connectivity index (χ4v) is 3.33. The number of rotatable bonds is 6. The van der Waals surface area contributed by atoms with E-state index >= 15 is 0 Å². The van der Waals surface area contributed by atoms with Gasteiger partial charge in [-0.1, -0.05) is 26.3 Å². The van der Waals surface area contributed by atoms with Gasteiger partial charge in [0.15, 0.2) is 0 Å².